The van der Waals surface area contributed by atoms with E-state index in [0.29, 0.717) is 13.2 Å². The number of carbonyl (C=O) groups is 3. The number of halogens is 1. The van der Waals surface area contributed by atoms with Crippen molar-refractivity contribution < 1.29 is 32.7 Å². The summed E-state index contributed by atoms with van der Waals surface area (Å²) in [6, 6.07) is 8.17. The molecule has 0 aliphatic carbocycles. The molecule has 3 fully saturated rings. The Balaban J connectivity index is 1.32. The molecule has 1 spiro atoms. The summed E-state index contributed by atoms with van der Waals surface area (Å²) in [6.07, 6.45) is 3.79. The summed E-state index contributed by atoms with van der Waals surface area (Å²) < 4.78 is 31.2. The van der Waals surface area contributed by atoms with Crippen molar-refractivity contribution in [3.63, 3.8) is 0 Å². The van der Waals surface area contributed by atoms with Gasteiger partial charge in [0.25, 0.3) is 11.8 Å². The second kappa shape index (κ2) is 9.79. The van der Waals surface area contributed by atoms with Crippen LogP contribution in [0.4, 0.5) is 4.39 Å². The molecule has 3 aliphatic heterocycles. The van der Waals surface area contributed by atoms with Crippen molar-refractivity contribution in [1.29, 1.82) is 0 Å². The largest absolute Gasteiger partial charge is 0.459 e. The van der Waals surface area contributed by atoms with Gasteiger partial charge in [0.05, 0.1) is 24.5 Å². The van der Waals surface area contributed by atoms with Gasteiger partial charge in [-0.25, -0.2) is 4.39 Å². The number of hydrogen-bond donors (Lipinski definition) is 1. The Hall–Kier alpha value is -3.24. The molecule has 2 atom stereocenters. The van der Waals surface area contributed by atoms with Gasteiger partial charge in [0.1, 0.15) is 17.6 Å². The lowest BCUT2D eigenvalue weighted by atomic mass is 9.96. The molecule has 0 saturated carbocycles. The quantitative estimate of drug-likeness (QED) is 0.697. The van der Waals surface area contributed by atoms with Gasteiger partial charge in [0.2, 0.25) is 5.91 Å². The molecule has 186 valence electrons. The Morgan fingerprint density at radius 3 is 2.57 bits per heavy atom. The molecule has 1 aromatic carbocycles. The third-order valence-electron chi connectivity index (χ3n) is 6.98. The Kier molecular flexibility index (Phi) is 6.57. The van der Waals surface area contributed by atoms with E-state index in [0.717, 1.165) is 12.8 Å². The molecule has 0 bridgehead atoms. The monoisotopic (exact) mass is 485 g/mol. The SMILES string of the molecule is O=C(NC[C@H]1CCCO1)[C@H]1COC2(CCN(C(=O)c3ccccc3F)CC2)N1C(=O)c1ccco1. The predicted molar refractivity (Wildman–Crippen MR) is 121 cm³/mol. The summed E-state index contributed by atoms with van der Waals surface area (Å²) in [5.41, 5.74) is -1.06. The Bertz CT molecular complexity index is 1080. The summed E-state index contributed by atoms with van der Waals surface area (Å²) in [5, 5.41) is 2.90. The predicted octanol–water partition coefficient (Wildman–Crippen LogP) is 2.19. The lowest BCUT2D eigenvalue weighted by Gasteiger charge is -2.44. The molecule has 35 heavy (non-hydrogen) atoms. The van der Waals surface area contributed by atoms with Crippen molar-refractivity contribution in [1.82, 2.24) is 15.1 Å². The summed E-state index contributed by atoms with van der Waals surface area (Å²) in [5.74, 6) is -1.64. The van der Waals surface area contributed by atoms with E-state index < -0.39 is 29.4 Å². The van der Waals surface area contributed by atoms with E-state index >= 15 is 0 Å². The first-order valence-electron chi connectivity index (χ1n) is 11.9. The molecule has 10 heteroatoms. The van der Waals surface area contributed by atoms with E-state index in [1.165, 1.54) is 29.4 Å². The fourth-order valence-electron chi connectivity index (χ4n) is 5.09. The van der Waals surface area contributed by atoms with Gasteiger partial charge in [0.15, 0.2) is 5.76 Å². The van der Waals surface area contributed by atoms with Gasteiger partial charge in [-0.05, 0) is 37.1 Å². The van der Waals surface area contributed by atoms with Crippen LogP contribution in [0, 0.1) is 5.82 Å². The molecule has 4 heterocycles. The van der Waals surface area contributed by atoms with E-state index in [1.807, 2.05) is 0 Å². The normalized spacial score (nSPS) is 23.6. The van der Waals surface area contributed by atoms with Gasteiger partial charge in [-0.15, -0.1) is 0 Å². The number of ether oxygens (including phenoxy) is 2. The summed E-state index contributed by atoms with van der Waals surface area (Å²) in [6.45, 7) is 1.58. The van der Waals surface area contributed by atoms with E-state index in [2.05, 4.69) is 5.32 Å². The number of amides is 3. The highest BCUT2D eigenvalue weighted by Gasteiger charge is 2.54. The fourth-order valence-corrected chi connectivity index (χ4v) is 5.09. The van der Waals surface area contributed by atoms with Gasteiger partial charge in [-0.1, -0.05) is 12.1 Å². The van der Waals surface area contributed by atoms with Crippen molar-refractivity contribution in [2.75, 3.05) is 32.8 Å². The number of piperidine rings is 1. The van der Waals surface area contributed by atoms with Crippen LogP contribution in [-0.4, -0.2) is 78.2 Å². The molecule has 3 aliphatic rings. The van der Waals surface area contributed by atoms with Crippen molar-refractivity contribution in [3.8, 4) is 0 Å². The van der Waals surface area contributed by atoms with Crippen LogP contribution >= 0.6 is 0 Å². The van der Waals surface area contributed by atoms with Crippen LogP contribution < -0.4 is 5.32 Å². The first-order chi connectivity index (χ1) is 17.0. The third-order valence-corrected chi connectivity index (χ3v) is 6.98. The van der Waals surface area contributed by atoms with Crippen LogP contribution in [0.1, 0.15) is 46.6 Å². The van der Waals surface area contributed by atoms with E-state index in [1.54, 1.807) is 23.1 Å². The second-order valence-corrected chi connectivity index (χ2v) is 9.08. The average Bonchev–Trinajstić information content (AvgIpc) is 3.65. The molecule has 0 unspecified atom stereocenters. The summed E-state index contributed by atoms with van der Waals surface area (Å²) in [4.78, 5) is 42.5. The number of nitrogens with zero attached hydrogens (tertiary/aromatic N) is 2. The minimum atomic E-state index is -1.07. The van der Waals surface area contributed by atoms with Gasteiger partial charge in [0, 0.05) is 39.1 Å². The van der Waals surface area contributed by atoms with Crippen LogP contribution in [-0.2, 0) is 14.3 Å². The van der Waals surface area contributed by atoms with Gasteiger partial charge in [-0.3, -0.25) is 19.3 Å². The minimum Gasteiger partial charge on any atom is -0.459 e. The maximum absolute atomic E-state index is 14.2. The number of nitrogens with one attached hydrogen (secondary N) is 1. The van der Waals surface area contributed by atoms with Crippen molar-refractivity contribution in [2.45, 2.75) is 43.6 Å². The zero-order chi connectivity index (χ0) is 24.4. The topological polar surface area (TPSA) is 101 Å². The van der Waals surface area contributed by atoms with Gasteiger partial charge >= 0.3 is 0 Å². The number of likely N-dealkylation sites (tertiary alicyclic amines) is 1. The highest BCUT2D eigenvalue weighted by Crippen LogP contribution is 2.39. The molecular weight excluding hydrogens is 457 g/mol. The standard InChI is InChI=1S/C25H28FN3O6/c26-19-7-2-1-6-18(19)23(31)28-11-9-25(10-12-28)29(24(32)21-8-4-14-34-21)20(16-35-25)22(30)27-15-17-5-3-13-33-17/h1-2,4,6-8,14,17,20H,3,5,9-13,15-16H2,(H,27,30)/t17-,20-/m1/s1. The van der Waals surface area contributed by atoms with Crippen LogP contribution in [0.5, 0.6) is 0 Å². The zero-order valence-corrected chi connectivity index (χ0v) is 19.3. The highest BCUT2D eigenvalue weighted by atomic mass is 19.1. The van der Waals surface area contributed by atoms with Crippen LogP contribution in [0.15, 0.2) is 47.1 Å². The number of rotatable bonds is 5. The molecule has 3 amide bonds. The van der Waals surface area contributed by atoms with Crippen molar-refractivity contribution in [2.24, 2.45) is 0 Å². The van der Waals surface area contributed by atoms with E-state index in [-0.39, 0.29) is 55.9 Å². The maximum atomic E-state index is 14.2. The third kappa shape index (κ3) is 4.55. The van der Waals surface area contributed by atoms with Crippen molar-refractivity contribution >= 4 is 17.7 Å². The smallest absolute Gasteiger partial charge is 0.292 e. The molecule has 3 saturated heterocycles. The number of carbonyl (C=O) groups excluding carboxylic acids is 3. The highest BCUT2D eigenvalue weighted by molar-refractivity contribution is 5.97. The van der Waals surface area contributed by atoms with E-state index in [9.17, 15) is 18.8 Å². The Morgan fingerprint density at radius 1 is 1.09 bits per heavy atom. The molecule has 0 radical (unpaired) electrons. The lowest BCUT2D eigenvalue weighted by Crippen LogP contribution is -2.60. The molecule has 1 N–H and O–H groups in total. The Labute approximate surface area is 202 Å². The number of furan rings is 1. The lowest BCUT2D eigenvalue weighted by molar-refractivity contribution is -0.128. The average molecular weight is 486 g/mol. The van der Waals surface area contributed by atoms with E-state index in [4.69, 9.17) is 13.9 Å². The zero-order valence-electron chi connectivity index (χ0n) is 19.3. The molecule has 9 nitrogen and oxygen atoms in total. The van der Waals surface area contributed by atoms with Gasteiger partial charge in [-0.2, -0.15) is 0 Å². The van der Waals surface area contributed by atoms with Gasteiger partial charge < -0.3 is 24.1 Å². The molecule has 5 rings (SSSR count). The van der Waals surface area contributed by atoms with Crippen LogP contribution in [0.2, 0.25) is 0 Å². The molecular formula is C25H28FN3O6. The first-order valence-corrected chi connectivity index (χ1v) is 11.9. The van der Waals surface area contributed by atoms with Crippen LogP contribution in [0.25, 0.3) is 0 Å². The number of hydrogen-bond acceptors (Lipinski definition) is 6. The minimum absolute atomic E-state index is 0.00527. The number of benzene rings is 1. The molecule has 1 aromatic heterocycles. The van der Waals surface area contributed by atoms with Crippen molar-refractivity contribution in [3.05, 3.63) is 59.8 Å². The maximum Gasteiger partial charge on any atom is 0.292 e. The first kappa shape index (κ1) is 23.5. The second-order valence-electron chi connectivity index (χ2n) is 9.08. The summed E-state index contributed by atoms with van der Waals surface area (Å²) in [7, 11) is 0. The fraction of sp³-hybridized carbons (Fsp3) is 0.480. The van der Waals surface area contributed by atoms with Crippen LogP contribution in [0.3, 0.4) is 0 Å². The Morgan fingerprint density at radius 2 is 1.89 bits per heavy atom. The molecule has 2 aromatic rings. The summed E-state index contributed by atoms with van der Waals surface area (Å²) >= 11 is 0.